The van der Waals surface area contributed by atoms with Gasteiger partial charge in [0.1, 0.15) is 11.3 Å². The van der Waals surface area contributed by atoms with E-state index in [1.54, 1.807) is 18.5 Å². The van der Waals surface area contributed by atoms with Crippen molar-refractivity contribution in [2.24, 2.45) is 0 Å². The van der Waals surface area contributed by atoms with Crippen LogP contribution in [-0.2, 0) is 6.42 Å². The van der Waals surface area contributed by atoms with Gasteiger partial charge in [-0.2, -0.15) is 0 Å². The standard InChI is InChI=1S/C19H15ClN2O3/c20-14-3-1-12(2-4-14)9-13-11-21-8-7-17(13)22-15-5-6-16(19(24)25)18(23)10-15/h1-8,10-11,23H,9H2,(H,21,22)(H,24,25). The molecule has 0 bridgehead atoms. The van der Waals surface area contributed by atoms with Crippen molar-refractivity contribution in [1.29, 1.82) is 0 Å². The molecule has 6 heteroatoms. The van der Waals surface area contributed by atoms with E-state index in [1.807, 2.05) is 30.3 Å². The van der Waals surface area contributed by atoms with E-state index in [9.17, 15) is 9.90 Å². The van der Waals surface area contributed by atoms with E-state index in [0.717, 1.165) is 16.8 Å². The van der Waals surface area contributed by atoms with Crippen LogP contribution in [0.15, 0.2) is 60.9 Å². The van der Waals surface area contributed by atoms with Gasteiger partial charge < -0.3 is 15.5 Å². The largest absolute Gasteiger partial charge is 0.507 e. The topological polar surface area (TPSA) is 82.5 Å². The maximum absolute atomic E-state index is 11.0. The predicted octanol–water partition coefficient (Wildman–Crippen LogP) is 4.47. The van der Waals surface area contributed by atoms with Crippen LogP contribution >= 0.6 is 11.6 Å². The summed E-state index contributed by atoms with van der Waals surface area (Å²) in [6, 6.07) is 13.8. The number of nitrogens with one attached hydrogen (secondary N) is 1. The number of carbonyl (C=O) groups is 1. The van der Waals surface area contributed by atoms with Gasteiger partial charge in [-0.05, 0) is 41.5 Å². The second kappa shape index (κ2) is 7.23. The molecule has 0 aliphatic heterocycles. The molecule has 0 spiro atoms. The fourth-order valence-electron chi connectivity index (χ4n) is 2.46. The Balaban J connectivity index is 1.85. The lowest BCUT2D eigenvalue weighted by atomic mass is 10.0. The number of pyridine rings is 1. The van der Waals surface area contributed by atoms with Gasteiger partial charge in [0.2, 0.25) is 0 Å². The highest BCUT2D eigenvalue weighted by Gasteiger charge is 2.11. The SMILES string of the molecule is O=C(O)c1ccc(Nc2ccncc2Cc2ccc(Cl)cc2)cc1O. The minimum absolute atomic E-state index is 0.137. The first-order valence-corrected chi connectivity index (χ1v) is 7.91. The Kier molecular flexibility index (Phi) is 4.86. The van der Waals surface area contributed by atoms with E-state index in [1.165, 1.54) is 12.1 Å². The molecule has 3 rings (SSSR count). The minimum Gasteiger partial charge on any atom is -0.507 e. The molecule has 0 atom stereocenters. The summed E-state index contributed by atoms with van der Waals surface area (Å²) in [4.78, 5) is 15.1. The zero-order valence-electron chi connectivity index (χ0n) is 13.1. The molecule has 0 amide bonds. The third-order valence-corrected chi connectivity index (χ3v) is 3.97. The Hall–Kier alpha value is -3.05. The Labute approximate surface area is 149 Å². The van der Waals surface area contributed by atoms with E-state index in [2.05, 4.69) is 10.3 Å². The Bertz CT molecular complexity index is 911. The average Bonchev–Trinajstić information content (AvgIpc) is 2.58. The monoisotopic (exact) mass is 354 g/mol. The number of anilines is 2. The maximum atomic E-state index is 11.0. The quantitative estimate of drug-likeness (QED) is 0.629. The number of hydrogen-bond acceptors (Lipinski definition) is 4. The van der Waals surface area contributed by atoms with Crippen molar-refractivity contribution in [2.75, 3.05) is 5.32 Å². The normalized spacial score (nSPS) is 10.4. The zero-order chi connectivity index (χ0) is 17.8. The predicted molar refractivity (Wildman–Crippen MR) is 96.8 cm³/mol. The lowest BCUT2D eigenvalue weighted by Gasteiger charge is -2.12. The molecule has 126 valence electrons. The number of nitrogens with zero attached hydrogens (tertiary/aromatic N) is 1. The summed E-state index contributed by atoms with van der Waals surface area (Å²) in [7, 11) is 0. The van der Waals surface area contributed by atoms with Crippen molar-refractivity contribution < 1.29 is 15.0 Å². The van der Waals surface area contributed by atoms with Crippen molar-refractivity contribution in [2.45, 2.75) is 6.42 Å². The number of carboxylic acid groups (broad SMARTS) is 1. The Morgan fingerprint density at radius 1 is 1.12 bits per heavy atom. The van der Waals surface area contributed by atoms with Crippen LogP contribution in [0, 0.1) is 0 Å². The van der Waals surface area contributed by atoms with Crippen LogP contribution in [0.5, 0.6) is 5.75 Å². The molecule has 0 radical (unpaired) electrons. The maximum Gasteiger partial charge on any atom is 0.339 e. The van der Waals surface area contributed by atoms with E-state index in [4.69, 9.17) is 16.7 Å². The van der Waals surface area contributed by atoms with Gasteiger partial charge >= 0.3 is 5.97 Å². The van der Waals surface area contributed by atoms with Crippen molar-refractivity contribution in [3.05, 3.63) is 82.6 Å². The van der Waals surface area contributed by atoms with E-state index in [-0.39, 0.29) is 11.3 Å². The molecular weight excluding hydrogens is 340 g/mol. The van der Waals surface area contributed by atoms with Crippen LogP contribution in [0.4, 0.5) is 11.4 Å². The van der Waals surface area contributed by atoms with Gasteiger partial charge in [-0.15, -0.1) is 0 Å². The van der Waals surface area contributed by atoms with Crippen LogP contribution in [0.25, 0.3) is 0 Å². The molecule has 5 nitrogen and oxygen atoms in total. The number of halogens is 1. The lowest BCUT2D eigenvalue weighted by Crippen LogP contribution is -2.00. The molecule has 0 fully saturated rings. The van der Waals surface area contributed by atoms with Crippen LogP contribution in [0.2, 0.25) is 5.02 Å². The zero-order valence-corrected chi connectivity index (χ0v) is 13.9. The van der Waals surface area contributed by atoms with Crippen molar-refractivity contribution in [1.82, 2.24) is 4.98 Å². The fraction of sp³-hybridized carbons (Fsp3) is 0.0526. The molecular formula is C19H15ClN2O3. The van der Waals surface area contributed by atoms with Gasteiger partial charge in [0, 0.05) is 41.3 Å². The van der Waals surface area contributed by atoms with Crippen LogP contribution < -0.4 is 5.32 Å². The number of phenols is 1. The summed E-state index contributed by atoms with van der Waals surface area (Å²) in [6.45, 7) is 0. The second-order valence-corrected chi connectivity index (χ2v) is 5.93. The Morgan fingerprint density at radius 2 is 1.88 bits per heavy atom. The van der Waals surface area contributed by atoms with Crippen LogP contribution in [0.3, 0.4) is 0 Å². The first-order valence-electron chi connectivity index (χ1n) is 7.53. The lowest BCUT2D eigenvalue weighted by molar-refractivity contribution is 0.0694. The van der Waals surface area contributed by atoms with Crippen molar-refractivity contribution in [3.8, 4) is 5.75 Å². The molecule has 0 saturated heterocycles. The molecule has 1 aromatic heterocycles. The summed E-state index contributed by atoms with van der Waals surface area (Å²) < 4.78 is 0. The summed E-state index contributed by atoms with van der Waals surface area (Å²) in [5.74, 6) is -1.46. The smallest absolute Gasteiger partial charge is 0.339 e. The third kappa shape index (κ3) is 4.08. The minimum atomic E-state index is -1.17. The number of benzene rings is 2. The van der Waals surface area contributed by atoms with Gasteiger partial charge in [0.15, 0.2) is 0 Å². The summed E-state index contributed by atoms with van der Waals surface area (Å²) >= 11 is 5.91. The molecule has 3 aromatic rings. The summed E-state index contributed by atoms with van der Waals surface area (Å²) in [6.07, 6.45) is 4.09. The molecule has 1 heterocycles. The number of aromatic carboxylic acids is 1. The highest BCUT2D eigenvalue weighted by Crippen LogP contribution is 2.27. The van der Waals surface area contributed by atoms with Crippen molar-refractivity contribution in [3.63, 3.8) is 0 Å². The molecule has 25 heavy (non-hydrogen) atoms. The van der Waals surface area contributed by atoms with E-state index < -0.39 is 5.97 Å². The first-order chi connectivity index (χ1) is 12.0. The fourth-order valence-corrected chi connectivity index (χ4v) is 2.58. The average molecular weight is 355 g/mol. The van der Waals surface area contributed by atoms with Crippen LogP contribution in [0.1, 0.15) is 21.5 Å². The molecule has 0 saturated carbocycles. The van der Waals surface area contributed by atoms with Gasteiger partial charge in [-0.3, -0.25) is 4.98 Å². The highest BCUT2D eigenvalue weighted by atomic mass is 35.5. The second-order valence-electron chi connectivity index (χ2n) is 5.50. The van der Waals surface area contributed by atoms with E-state index >= 15 is 0 Å². The number of aromatic nitrogens is 1. The Morgan fingerprint density at radius 3 is 2.56 bits per heavy atom. The first kappa shape index (κ1) is 16.8. The summed E-state index contributed by atoms with van der Waals surface area (Å²) in [5.41, 5.74) is 3.33. The van der Waals surface area contributed by atoms with Gasteiger partial charge in [-0.25, -0.2) is 4.79 Å². The summed E-state index contributed by atoms with van der Waals surface area (Å²) in [5, 5.41) is 22.7. The number of hydrogen-bond donors (Lipinski definition) is 3. The van der Waals surface area contributed by atoms with E-state index in [0.29, 0.717) is 17.1 Å². The molecule has 3 N–H and O–H groups in total. The molecule has 0 unspecified atom stereocenters. The van der Waals surface area contributed by atoms with Gasteiger partial charge in [-0.1, -0.05) is 23.7 Å². The number of carboxylic acids is 1. The molecule has 2 aromatic carbocycles. The number of aromatic hydroxyl groups is 1. The molecule has 0 aliphatic rings. The van der Waals surface area contributed by atoms with Gasteiger partial charge in [0.05, 0.1) is 0 Å². The molecule has 0 aliphatic carbocycles. The van der Waals surface area contributed by atoms with Gasteiger partial charge in [0.25, 0.3) is 0 Å². The van der Waals surface area contributed by atoms with Crippen molar-refractivity contribution >= 4 is 28.9 Å². The highest BCUT2D eigenvalue weighted by molar-refractivity contribution is 6.30. The van der Waals surface area contributed by atoms with Crippen LogP contribution in [-0.4, -0.2) is 21.2 Å². The third-order valence-electron chi connectivity index (χ3n) is 3.72. The number of rotatable bonds is 5.